The fraction of sp³-hybridized carbons (Fsp3) is 0.267. The predicted molar refractivity (Wildman–Crippen MR) is 74.1 cm³/mol. The smallest absolute Gasteiger partial charge is 0.265 e. The molecule has 2 rings (SSSR count). The van der Waals surface area contributed by atoms with Crippen molar-refractivity contribution >= 4 is 24.2 Å². The standard InChI is InChI=1S/C15H16N2O3/c18-11-10-17(16-15(20)13-7-8-13)14(19)9-6-12-4-2-1-3-5-12/h1-6,9,11,13H,7-8,10H2,(H,16,20)/b9-6+. The van der Waals surface area contributed by atoms with E-state index in [2.05, 4.69) is 5.43 Å². The molecule has 5 heteroatoms. The van der Waals surface area contributed by atoms with Crippen molar-refractivity contribution in [1.82, 2.24) is 10.4 Å². The molecule has 1 N–H and O–H groups in total. The van der Waals surface area contributed by atoms with Gasteiger partial charge >= 0.3 is 0 Å². The number of hydrazine groups is 1. The van der Waals surface area contributed by atoms with Gasteiger partial charge < -0.3 is 4.79 Å². The number of hydrogen-bond donors (Lipinski definition) is 1. The Hall–Kier alpha value is -2.43. The van der Waals surface area contributed by atoms with Crippen LogP contribution in [0.4, 0.5) is 0 Å². The van der Waals surface area contributed by atoms with Crippen LogP contribution in [0.2, 0.25) is 0 Å². The molecular formula is C15H16N2O3. The van der Waals surface area contributed by atoms with Crippen LogP contribution in [0, 0.1) is 5.92 Å². The van der Waals surface area contributed by atoms with E-state index in [9.17, 15) is 14.4 Å². The van der Waals surface area contributed by atoms with E-state index in [0.29, 0.717) is 6.29 Å². The molecule has 1 aliphatic carbocycles. The van der Waals surface area contributed by atoms with Gasteiger partial charge in [-0.05, 0) is 24.5 Å². The van der Waals surface area contributed by atoms with Crippen molar-refractivity contribution in [2.45, 2.75) is 12.8 Å². The topological polar surface area (TPSA) is 66.5 Å². The first-order valence-corrected chi connectivity index (χ1v) is 6.49. The molecule has 1 aromatic rings. The minimum Gasteiger partial charge on any atom is -0.301 e. The van der Waals surface area contributed by atoms with Gasteiger partial charge in [0.15, 0.2) is 0 Å². The van der Waals surface area contributed by atoms with Crippen molar-refractivity contribution in [3.63, 3.8) is 0 Å². The maximum atomic E-state index is 12.0. The maximum absolute atomic E-state index is 12.0. The van der Waals surface area contributed by atoms with Gasteiger partial charge in [-0.3, -0.25) is 15.0 Å². The summed E-state index contributed by atoms with van der Waals surface area (Å²) in [5.41, 5.74) is 3.35. The molecule has 104 valence electrons. The van der Waals surface area contributed by atoms with Crippen LogP contribution in [-0.2, 0) is 14.4 Å². The highest BCUT2D eigenvalue weighted by atomic mass is 16.2. The van der Waals surface area contributed by atoms with Crippen LogP contribution in [0.1, 0.15) is 18.4 Å². The third-order valence-electron chi connectivity index (χ3n) is 2.93. The second kappa shape index (κ2) is 6.65. The number of benzene rings is 1. The SMILES string of the molecule is O=CCN(NC(=O)C1CC1)C(=O)/C=C/c1ccccc1. The van der Waals surface area contributed by atoms with E-state index in [1.165, 1.54) is 6.08 Å². The van der Waals surface area contributed by atoms with E-state index >= 15 is 0 Å². The van der Waals surface area contributed by atoms with Crippen LogP contribution in [0.25, 0.3) is 6.08 Å². The number of hydrogen-bond acceptors (Lipinski definition) is 3. The monoisotopic (exact) mass is 272 g/mol. The average molecular weight is 272 g/mol. The Balaban J connectivity index is 1.97. The molecule has 1 aliphatic rings. The summed E-state index contributed by atoms with van der Waals surface area (Å²) in [4.78, 5) is 34.2. The Bertz CT molecular complexity index is 521. The van der Waals surface area contributed by atoms with Crippen LogP contribution in [0.3, 0.4) is 0 Å². The molecule has 5 nitrogen and oxygen atoms in total. The molecule has 20 heavy (non-hydrogen) atoms. The zero-order chi connectivity index (χ0) is 14.4. The van der Waals surface area contributed by atoms with Gasteiger partial charge in [0, 0.05) is 12.0 Å². The number of amides is 2. The number of aldehydes is 1. The highest BCUT2D eigenvalue weighted by molar-refractivity contribution is 5.94. The fourth-order valence-electron chi connectivity index (χ4n) is 1.66. The Morgan fingerprint density at radius 3 is 2.55 bits per heavy atom. The van der Waals surface area contributed by atoms with Gasteiger partial charge in [-0.1, -0.05) is 30.3 Å². The highest BCUT2D eigenvalue weighted by Gasteiger charge is 2.31. The lowest BCUT2D eigenvalue weighted by Crippen LogP contribution is -2.47. The summed E-state index contributed by atoms with van der Waals surface area (Å²) in [6.45, 7) is -0.156. The van der Waals surface area contributed by atoms with Crippen LogP contribution in [0.15, 0.2) is 36.4 Å². The van der Waals surface area contributed by atoms with Crippen LogP contribution < -0.4 is 5.43 Å². The minimum atomic E-state index is -0.421. The van der Waals surface area contributed by atoms with Gasteiger partial charge in [0.1, 0.15) is 6.29 Å². The van der Waals surface area contributed by atoms with E-state index in [4.69, 9.17) is 0 Å². The summed E-state index contributed by atoms with van der Waals surface area (Å²) in [7, 11) is 0. The number of rotatable bonds is 5. The summed E-state index contributed by atoms with van der Waals surface area (Å²) in [6.07, 6.45) is 5.25. The summed E-state index contributed by atoms with van der Waals surface area (Å²) < 4.78 is 0. The number of carbonyl (C=O) groups excluding carboxylic acids is 3. The Kier molecular flexibility index (Phi) is 4.65. The Labute approximate surface area is 117 Å². The molecule has 0 aromatic heterocycles. The molecule has 1 aromatic carbocycles. The van der Waals surface area contributed by atoms with Crippen molar-refractivity contribution in [3.05, 3.63) is 42.0 Å². The lowest BCUT2D eigenvalue weighted by molar-refractivity contribution is -0.139. The van der Waals surface area contributed by atoms with Crippen molar-refractivity contribution in [3.8, 4) is 0 Å². The quantitative estimate of drug-likeness (QED) is 0.497. The van der Waals surface area contributed by atoms with Gasteiger partial charge in [0.05, 0.1) is 6.54 Å². The predicted octanol–water partition coefficient (Wildman–Crippen LogP) is 1.17. The second-order valence-electron chi connectivity index (χ2n) is 4.61. The second-order valence-corrected chi connectivity index (χ2v) is 4.61. The molecule has 0 spiro atoms. The normalized spacial score (nSPS) is 14.0. The van der Waals surface area contributed by atoms with Gasteiger partial charge in [-0.2, -0.15) is 0 Å². The largest absolute Gasteiger partial charge is 0.301 e. The van der Waals surface area contributed by atoms with Crippen LogP contribution >= 0.6 is 0 Å². The Morgan fingerprint density at radius 1 is 1.25 bits per heavy atom. The average Bonchev–Trinajstić information content (AvgIpc) is 3.30. The first-order chi connectivity index (χ1) is 9.70. The number of carbonyl (C=O) groups is 3. The third kappa shape index (κ3) is 4.05. The highest BCUT2D eigenvalue weighted by Crippen LogP contribution is 2.28. The van der Waals surface area contributed by atoms with E-state index < -0.39 is 5.91 Å². The summed E-state index contributed by atoms with van der Waals surface area (Å²) >= 11 is 0. The van der Waals surface area contributed by atoms with E-state index in [1.807, 2.05) is 30.3 Å². The fourth-order valence-corrected chi connectivity index (χ4v) is 1.66. The molecule has 0 saturated heterocycles. The van der Waals surface area contributed by atoms with Gasteiger partial charge in [0.25, 0.3) is 5.91 Å². The molecule has 0 atom stereocenters. The molecule has 1 fully saturated rings. The minimum absolute atomic E-state index is 0.0185. The molecule has 0 radical (unpaired) electrons. The lowest BCUT2D eigenvalue weighted by atomic mass is 10.2. The Morgan fingerprint density at radius 2 is 1.95 bits per heavy atom. The molecule has 0 aliphatic heterocycles. The van der Waals surface area contributed by atoms with E-state index in [0.717, 1.165) is 23.4 Å². The zero-order valence-electron chi connectivity index (χ0n) is 11.0. The summed E-state index contributed by atoms with van der Waals surface area (Å²) in [6, 6.07) is 9.32. The summed E-state index contributed by atoms with van der Waals surface area (Å²) in [5, 5.41) is 1.03. The van der Waals surface area contributed by atoms with Gasteiger partial charge in [-0.15, -0.1) is 0 Å². The van der Waals surface area contributed by atoms with Crippen molar-refractivity contribution < 1.29 is 14.4 Å². The first-order valence-electron chi connectivity index (χ1n) is 6.49. The van der Waals surface area contributed by atoms with Gasteiger partial charge in [-0.25, -0.2) is 5.01 Å². The van der Waals surface area contributed by atoms with Gasteiger partial charge in [0.2, 0.25) is 5.91 Å². The molecule has 0 heterocycles. The lowest BCUT2D eigenvalue weighted by Gasteiger charge is -2.19. The number of nitrogens with zero attached hydrogens (tertiary/aromatic N) is 1. The van der Waals surface area contributed by atoms with Crippen molar-refractivity contribution in [2.75, 3.05) is 6.54 Å². The maximum Gasteiger partial charge on any atom is 0.265 e. The first kappa shape index (κ1) is 14.0. The molecule has 0 bridgehead atoms. The third-order valence-corrected chi connectivity index (χ3v) is 2.93. The van der Waals surface area contributed by atoms with Crippen molar-refractivity contribution in [2.24, 2.45) is 5.92 Å². The molecule has 1 saturated carbocycles. The zero-order valence-corrected chi connectivity index (χ0v) is 11.0. The molecule has 2 amide bonds. The van der Waals surface area contributed by atoms with E-state index in [1.54, 1.807) is 6.08 Å². The van der Waals surface area contributed by atoms with Crippen LogP contribution in [-0.4, -0.2) is 29.7 Å². The number of nitrogens with one attached hydrogen (secondary N) is 1. The van der Waals surface area contributed by atoms with Crippen molar-refractivity contribution in [1.29, 1.82) is 0 Å². The molecule has 0 unspecified atom stereocenters. The summed E-state index contributed by atoms with van der Waals surface area (Å²) in [5.74, 6) is -0.640. The molecular weight excluding hydrogens is 256 g/mol. The van der Waals surface area contributed by atoms with E-state index in [-0.39, 0.29) is 18.4 Å². The van der Waals surface area contributed by atoms with Crippen LogP contribution in [0.5, 0.6) is 0 Å².